The van der Waals surface area contributed by atoms with Gasteiger partial charge in [0.05, 0.1) is 5.52 Å². The van der Waals surface area contributed by atoms with E-state index in [2.05, 4.69) is 20.3 Å². The number of para-hydroxylation sites is 1. The smallest absolute Gasteiger partial charge is 0.325 e. The average Bonchev–Trinajstić information content (AvgIpc) is 3.33. The van der Waals surface area contributed by atoms with Crippen LogP contribution in [0, 0.1) is 0 Å². The molecule has 0 aliphatic carbocycles. The van der Waals surface area contributed by atoms with Gasteiger partial charge in [-0.1, -0.05) is 18.2 Å². The van der Waals surface area contributed by atoms with Crippen molar-refractivity contribution in [2.24, 2.45) is 0 Å². The highest BCUT2D eigenvalue weighted by atomic mass is 16.2. The summed E-state index contributed by atoms with van der Waals surface area (Å²) in [5.41, 5.74) is 1.29. The Bertz CT molecular complexity index is 1190. The van der Waals surface area contributed by atoms with Crippen molar-refractivity contribution in [1.29, 1.82) is 0 Å². The Balaban J connectivity index is 1.31. The summed E-state index contributed by atoms with van der Waals surface area (Å²) in [5.74, 6) is -0.501. The molecule has 160 valence electrons. The van der Waals surface area contributed by atoms with Crippen LogP contribution in [0.25, 0.3) is 11.2 Å². The number of likely N-dealkylation sites (N-methyl/N-ethyl adjacent to an activating group) is 1. The van der Waals surface area contributed by atoms with Crippen LogP contribution in [-0.2, 0) is 14.4 Å². The molecule has 0 radical (unpaired) electrons. The van der Waals surface area contributed by atoms with Crippen molar-refractivity contribution in [1.82, 2.24) is 19.9 Å². The summed E-state index contributed by atoms with van der Waals surface area (Å²) in [4.78, 5) is 61.2. The zero-order valence-electron chi connectivity index (χ0n) is 16.9. The van der Waals surface area contributed by atoms with Gasteiger partial charge in [-0.25, -0.2) is 9.78 Å². The van der Waals surface area contributed by atoms with E-state index in [9.17, 15) is 19.2 Å². The summed E-state index contributed by atoms with van der Waals surface area (Å²) in [6, 6.07) is 12.0. The second kappa shape index (κ2) is 8.42. The van der Waals surface area contributed by atoms with Crippen LogP contribution in [0.1, 0.15) is 19.3 Å². The molecule has 1 fully saturated rings. The van der Waals surface area contributed by atoms with Crippen molar-refractivity contribution < 1.29 is 14.4 Å². The van der Waals surface area contributed by atoms with E-state index in [0.717, 1.165) is 5.69 Å². The highest BCUT2D eigenvalue weighted by molar-refractivity contribution is 6.01. The minimum atomic E-state index is -0.537. The molecule has 3 aromatic rings. The van der Waals surface area contributed by atoms with Crippen molar-refractivity contribution in [3.63, 3.8) is 0 Å². The van der Waals surface area contributed by atoms with Gasteiger partial charge in [-0.15, -0.1) is 0 Å². The molecular weight excluding hydrogens is 400 g/mol. The van der Waals surface area contributed by atoms with E-state index in [1.54, 1.807) is 24.1 Å². The van der Waals surface area contributed by atoms with Crippen molar-refractivity contribution in [2.75, 3.05) is 23.8 Å². The lowest BCUT2D eigenvalue weighted by molar-refractivity contribution is -0.137. The highest BCUT2D eigenvalue weighted by Gasteiger charge is 2.37. The monoisotopic (exact) mass is 422 g/mol. The number of H-pyrrole nitrogens is 2. The number of amides is 3. The number of carbonyl (C=O) groups excluding carboxylic acids is 3. The Morgan fingerprint density at radius 2 is 1.90 bits per heavy atom. The number of rotatable bonds is 6. The van der Waals surface area contributed by atoms with Gasteiger partial charge in [0.2, 0.25) is 17.7 Å². The maximum Gasteiger partial charge on any atom is 0.325 e. The van der Waals surface area contributed by atoms with Gasteiger partial charge >= 0.3 is 5.69 Å². The Hall–Kier alpha value is -3.95. The number of hydrogen-bond acceptors (Lipinski definition) is 5. The quantitative estimate of drug-likeness (QED) is 0.550. The zero-order valence-corrected chi connectivity index (χ0v) is 16.9. The summed E-state index contributed by atoms with van der Waals surface area (Å²) in [6.45, 7) is 0.543. The van der Waals surface area contributed by atoms with E-state index in [1.807, 2.05) is 30.3 Å². The van der Waals surface area contributed by atoms with Crippen LogP contribution >= 0.6 is 0 Å². The second-order valence-electron chi connectivity index (χ2n) is 7.35. The van der Waals surface area contributed by atoms with Crippen LogP contribution < -0.4 is 15.9 Å². The van der Waals surface area contributed by atoms with Crippen LogP contribution in [0.15, 0.2) is 47.3 Å². The first-order valence-corrected chi connectivity index (χ1v) is 9.93. The molecule has 3 N–H and O–H groups in total. The molecule has 0 spiro atoms. The number of nitrogens with zero attached hydrogens (tertiary/aromatic N) is 3. The van der Waals surface area contributed by atoms with Crippen molar-refractivity contribution >= 4 is 40.4 Å². The van der Waals surface area contributed by atoms with Gasteiger partial charge in [0, 0.05) is 32.1 Å². The SMILES string of the molecule is CN(C(=O)CCC(=O)Nc1ccc2[nH]c(=O)[nH]c2n1)C1CCN(c2ccccc2)C1=O. The molecule has 10 nitrogen and oxygen atoms in total. The lowest BCUT2D eigenvalue weighted by atomic mass is 10.2. The van der Waals surface area contributed by atoms with Crippen molar-refractivity contribution in [3.8, 4) is 0 Å². The molecule has 3 amide bonds. The molecule has 1 atom stereocenters. The molecule has 2 aromatic heterocycles. The predicted molar refractivity (Wildman–Crippen MR) is 115 cm³/mol. The van der Waals surface area contributed by atoms with E-state index in [-0.39, 0.29) is 42.1 Å². The van der Waals surface area contributed by atoms with Crippen molar-refractivity contribution in [3.05, 3.63) is 52.9 Å². The summed E-state index contributed by atoms with van der Waals surface area (Å²) in [5, 5.41) is 2.61. The Morgan fingerprint density at radius 1 is 1.13 bits per heavy atom. The van der Waals surface area contributed by atoms with Crippen LogP contribution in [0.5, 0.6) is 0 Å². The molecule has 1 aliphatic heterocycles. The number of fused-ring (bicyclic) bond motifs is 1. The average molecular weight is 422 g/mol. The number of nitrogens with one attached hydrogen (secondary N) is 3. The third-order valence-corrected chi connectivity index (χ3v) is 5.31. The van der Waals surface area contributed by atoms with Crippen LogP contribution in [0.3, 0.4) is 0 Å². The maximum atomic E-state index is 12.8. The fourth-order valence-electron chi connectivity index (χ4n) is 3.65. The third kappa shape index (κ3) is 4.32. The summed E-state index contributed by atoms with van der Waals surface area (Å²) >= 11 is 0. The van der Waals surface area contributed by atoms with Gasteiger partial charge in [-0.05, 0) is 30.7 Å². The Labute approximate surface area is 177 Å². The Morgan fingerprint density at radius 3 is 2.68 bits per heavy atom. The molecule has 1 unspecified atom stereocenters. The largest absolute Gasteiger partial charge is 0.334 e. The van der Waals surface area contributed by atoms with Gasteiger partial charge in [0.25, 0.3) is 0 Å². The zero-order chi connectivity index (χ0) is 22.0. The van der Waals surface area contributed by atoms with Gasteiger partial charge in [-0.2, -0.15) is 0 Å². The van der Waals surface area contributed by atoms with E-state index in [4.69, 9.17) is 0 Å². The minimum Gasteiger partial charge on any atom is -0.334 e. The molecule has 1 saturated heterocycles. The van der Waals surface area contributed by atoms with E-state index in [0.29, 0.717) is 24.1 Å². The topological polar surface area (TPSA) is 131 Å². The molecule has 31 heavy (non-hydrogen) atoms. The number of imidazole rings is 1. The third-order valence-electron chi connectivity index (χ3n) is 5.31. The van der Waals surface area contributed by atoms with Crippen molar-refractivity contribution in [2.45, 2.75) is 25.3 Å². The molecule has 3 heterocycles. The molecule has 1 aliphatic rings. The first-order chi connectivity index (χ1) is 14.9. The maximum absolute atomic E-state index is 12.8. The van der Waals surface area contributed by atoms with Crippen LogP contribution in [0.4, 0.5) is 11.5 Å². The van der Waals surface area contributed by atoms with Gasteiger partial charge in [0.15, 0.2) is 5.65 Å². The predicted octanol–water partition coefficient (Wildman–Crippen LogP) is 1.23. The fourth-order valence-corrected chi connectivity index (χ4v) is 3.65. The lowest BCUT2D eigenvalue weighted by Gasteiger charge is -2.24. The number of hydrogen-bond donors (Lipinski definition) is 3. The number of pyridine rings is 1. The molecule has 0 saturated carbocycles. The highest BCUT2D eigenvalue weighted by Crippen LogP contribution is 2.24. The normalized spacial score (nSPS) is 16.0. The van der Waals surface area contributed by atoms with E-state index < -0.39 is 6.04 Å². The van der Waals surface area contributed by atoms with Gasteiger partial charge in [0.1, 0.15) is 11.9 Å². The summed E-state index contributed by atoms with van der Waals surface area (Å²) < 4.78 is 0. The fraction of sp³-hybridized carbons (Fsp3) is 0.286. The molecule has 1 aromatic carbocycles. The minimum absolute atomic E-state index is 0.0271. The molecule has 0 bridgehead atoms. The lowest BCUT2D eigenvalue weighted by Crippen LogP contribution is -2.43. The number of carbonyl (C=O) groups is 3. The molecule has 10 heteroatoms. The first kappa shape index (κ1) is 20.3. The Kier molecular flexibility index (Phi) is 5.52. The number of aromatic nitrogens is 3. The standard InChI is InChI=1S/C21H22N6O4/c1-26(15-11-12-27(20(15)30)13-5-3-2-4-6-13)18(29)10-9-17(28)23-16-8-7-14-19(24-16)25-21(31)22-14/h2-8,15H,9-12H2,1H3,(H3,22,23,24,25,28,31). The molecule has 4 rings (SSSR count). The first-order valence-electron chi connectivity index (χ1n) is 9.93. The van der Waals surface area contributed by atoms with E-state index in [1.165, 1.54) is 4.90 Å². The number of anilines is 2. The van der Waals surface area contributed by atoms with Crippen LogP contribution in [-0.4, -0.2) is 57.2 Å². The summed E-state index contributed by atoms with van der Waals surface area (Å²) in [7, 11) is 1.59. The number of benzene rings is 1. The molecular formula is C21H22N6O4. The van der Waals surface area contributed by atoms with Gasteiger partial charge in [-0.3, -0.25) is 19.4 Å². The number of aromatic amines is 2. The summed E-state index contributed by atoms with van der Waals surface area (Å²) in [6.07, 6.45) is 0.470. The van der Waals surface area contributed by atoms with Gasteiger partial charge < -0.3 is 20.1 Å². The van der Waals surface area contributed by atoms with E-state index >= 15 is 0 Å². The second-order valence-corrected chi connectivity index (χ2v) is 7.35. The van der Waals surface area contributed by atoms with Crippen LogP contribution in [0.2, 0.25) is 0 Å².